The van der Waals surface area contributed by atoms with Crippen LogP contribution < -0.4 is 15.6 Å². The number of nitrogens with one attached hydrogen (secondary N) is 1. The van der Waals surface area contributed by atoms with Gasteiger partial charge in [0.15, 0.2) is 6.61 Å². The van der Waals surface area contributed by atoms with Gasteiger partial charge in [-0.15, -0.1) is 11.3 Å². The van der Waals surface area contributed by atoms with Crippen molar-refractivity contribution < 1.29 is 13.9 Å². The van der Waals surface area contributed by atoms with Gasteiger partial charge in [-0.3, -0.25) is 9.59 Å². The topological polar surface area (TPSA) is 73.2 Å². The molecular formula is C18H16FN3O3S. The summed E-state index contributed by atoms with van der Waals surface area (Å²) in [4.78, 5) is 24.6. The standard InChI is InChI=1S/C18H16FN3O3S/c19-13-3-1-4-14(11-13)25-12-17(23)20-8-9-22-18(24)7-6-15(21-22)16-5-2-10-26-16/h1-7,10-11H,8-9,12H2,(H,20,23). The molecular weight excluding hydrogens is 357 g/mol. The van der Waals surface area contributed by atoms with Gasteiger partial charge < -0.3 is 10.1 Å². The monoisotopic (exact) mass is 373 g/mol. The van der Waals surface area contributed by atoms with E-state index in [9.17, 15) is 14.0 Å². The van der Waals surface area contributed by atoms with E-state index in [4.69, 9.17) is 4.74 Å². The first-order valence-corrected chi connectivity index (χ1v) is 8.77. The summed E-state index contributed by atoms with van der Waals surface area (Å²) in [6, 6.07) is 12.5. The predicted molar refractivity (Wildman–Crippen MR) is 96.7 cm³/mol. The Morgan fingerprint density at radius 1 is 1.23 bits per heavy atom. The van der Waals surface area contributed by atoms with Gasteiger partial charge in [-0.2, -0.15) is 5.10 Å². The van der Waals surface area contributed by atoms with Gasteiger partial charge in [-0.25, -0.2) is 9.07 Å². The van der Waals surface area contributed by atoms with E-state index in [1.165, 1.54) is 40.3 Å². The van der Waals surface area contributed by atoms with Gasteiger partial charge in [0, 0.05) is 18.7 Å². The molecule has 0 aliphatic carbocycles. The molecule has 0 aliphatic rings. The number of carbonyl (C=O) groups is 1. The molecule has 2 heterocycles. The average Bonchev–Trinajstić information content (AvgIpc) is 3.16. The zero-order valence-corrected chi connectivity index (χ0v) is 14.5. The van der Waals surface area contributed by atoms with E-state index >= 15 is 0 Å². The van der Waals surface area contributed by atoms with E-state index in [1.54, 1.807) is 12.1 Å². The third kappa shape index (κ3) is 4.76. The van der Waals surface area contributed by atoms with Crippen LogP contribution in [0.25, 0.3) is 10.6 Å². The number of hydrogen-bond donors (Lipinski definition) is 1. The summed E-state index contributed by atoms with van der Waals surface area (Å²) in [5.74, 6) is -0.516. The van der Waals surface area contributed by atoms with Crippen molar-refractivity contribution in [3.8, 4) is 16.3 Å². The van der Waals surface area contributed by atoms with Crippen LogP contribution in [0.4, 0.5) is 4.39 Å². The van der Waals surface area contributed by atoms with E-state index in [0.29, 0.717) is 5.69 Å². The minimum absolute atomic E-state index is 0.228. The summed E-state index contributed by atoms with van der Waals surface area (Å²) >= 11 is 1.53. The van der Waals surface area contributed by atoms with Crippen molar-refractivity contribution in [3.63, 3.8) is 0 Å². The minimum Gasteiger partial charge on any atom is -0.484 e. The van der Waals surface area contributed by atoms with Gasteiger partial charge in [0.2, 0.25) is 0 Å². The van der Waals surface area contributed by atoms with Gasteiger partial charge in [0.05, 0.1) is 11.4 Å². The van der Waals surface area contributed by atoms with Crippen LogP contribution in [0.5, 0.6) is 5.75 Å². The molecule has 0 bridgehead atoms. The fourth-order valence-corrected chi connectivity index (χ4v) is 2.91. The third-order valence-corrected chi connectivity index (χ3v) is 4.34. The Hall–Kier alpha value is -3.00. The van der Waals surface area contributed by atoms with E-state index < -0.39 is 5.82 Å². The van der Waals surface area contributed by atoms with Crippen molar-refractivity contribution in [2.24, 2.45) is 0 Å². The molecule has 0 radical (unpaired) electrons. The molecule has 0 saturated carbocycles. The van der Waals surface area contributed by atoms with E-state index in [0.717, 1.165) is 4.88 Å². The van der Waals surface area contributed by atoms with E-state index in [-0.39, 0.29) is 36.9 Å². The van der Waals surface area contributed by atoms with Crippen LogP contribution >= 0.6 is 11.3 Å². The van der Waals surface area contributed by atoms with Gasteiger partial charge in [-0.05, 0) is 29.6 Å². The van der Waals surface area contributed by atoms with Crippen LogP contribution in [0, 0.1) is 5.82 Å². The first-order valence-electron chi connectivity index (χ1n) is 7.89. The molecule has 0 unspecified atom stereocenters. The van der Waals surface area contributed by atoms with Crippen molar-refractivity contribution in [2.45, 2.75) is 6.54 Å². The lowest BCUT2D eigenvalue weighted by atomic mass is 10.3. The largest absolute Gasteiger partial charge is 0.484 e. The number of hydrogen-bond acceptors (Lipinski definition) is 5. The summed E-state index contributed by atoms with van der Waals surface area (Å²) in [5, 5.41) is 8.88. The summed E-state index contributed by atoms with van der Waals surface area (Å²) < 4.78 is 19.6. The number of halogens is 1. The summed E-state index contributed by atoms with van der Waals surface area (Å²) in [6.07, 6.45) is 0. The van der Waals surface area contributed by atoms with Crippen molar-refractivity contribution in [1.29, 1.82) is 0 Å². The number of ether oxygens (including phenoxy) is 1. The Morgan fingerprint density at radius 2 is 2.12 bits per heavy atom. The molecule has 0 fully saturated rings. The number of nitrogens with zero attached hydrogens (tertiary/aromatic N) is 2. The van der Waals surface area contributed by atoms with Crippen LogP contribution in [-0.2, 0) is 11.3 Å². The Morgan fingerprint density at radius 3 is 2.88 bits per heavy atom. The molecule has 26 heavy (non-hydrogen) atoms. The highest BCUT2D eigenvalue weighted by molar-refractivity contribution is 7.13. The molecule has 6 nitrogen and oxygen atoms in total. The molecule has 3 aromatic rings. The SMILES string of the molecule is O=C(COc1cccc(F)c1)NCCn1nc(-c2cccs2)ccc1=O. The van der Waals surface area contributed by atoms with Crippen molar-refractivity contribution in [1.82, 2.24) is 15.1 Å². The molecule has 2 aromatic heterocycles. The van der Waals surface area contributed by atoms with Crippen molar-refractivity contribution >= 4 is 17.2 Å². The number of amides is 1. The van der Waals surface area contributed by atoms with Crippen LogP contribution in [-0.4, -0.2) is 28.8 Å². The van der Waals surface area contributed by atoms with Gasteiger partial charge in [-0.1, -0.05) is 12.1 Å². The molecule has 1 N–H and O–H groups in total. The van der Waals surface area contributed by atoms with Crippen molar-refractivity contribution in [3.05, 3.63) is 70.1 Å². The Labute approximate surface area is 152 Å². The van der Waals surface area contributed by atoms with Crippen molar-refractivity contribution in [2.75, 3.05) is 13.2 Å². The van der Waals surface area contributed by atoms with Gasteiger partial charge in [0.1, 0.15) is 17.3 Å². The maximum Gasteiger partial charge on any atom is 0.266 e. The highest BCUT2D eigenvalue weighted by Crippen LogP contribution is 2.20. The molecule has 1 amide bonds. The molecule has 8 heteroatoms. The summed E-state index contributed by atoms with van der Waals surface area (Å²) in [7, 11) is 0. The first kappa shape index (κ1) is 17.8. The molecule has 3 rings (SSSR count). The number of carbonyl (C=O) groups excluding carboxylic acids is 1. The first-order chi connectivity index (χ1) is 12.6. The molecule has 0 aliphatic heterocycles. The molecule has 0 saturated heterocycles. The maximum atomic E-state index is 13.0. The Bertz CT molecular complexity index is 941. The van der Waals surface area contributed by atoms with Gasteiger partial charge in [0.25, 0.3) is 11.5 Å². The molecule has 1 aromatic carbocycles. The van der Waals surface area contributed by atoms with Gasteiger partial charge >= 0.3 is 0 Å². The molecule has 0 atom stereocenters. The van der Waals surface area contributed by atoms with Crippen LogP contribution in [0.3, 0.4) is 0 Å². The maximum absolute atomic E-state index is 13.0. The highest BCUT2D eigenvalue weighted by Gasteiger charge is 2.06. The number of benzene rings is 1. The number of thiophene rings is 1. The minimum atomic E-state index is -0.431. The smallest absolute Gasteiger partial charge is 0.266 e. The van der Waals surface area contributed by atoms with Crippen LogP contribution in [0.2, 0.25) is 0 Å². The molecule has 0 spiro atoms. The third-order valence-electron chi connectivity index (χ3n) is 3.45. The number of aromatic nitrogens is 2. The average molecular weight is 373 g/mol. The van der Waals surface area contributed by atoms with Crippen LogP contribution in [0.1, 0.15) is 0 Å². The normalized spacial score (nSPS) is 10.5. The quantitative estimate of drug-likeness (QED) is 0.690. The lowest BCUT2D eigenvalue weighted by Crippen LogP contribution is -2.34. The second kappa shape index (κ2) is 8.39. The highest BCUT2D eigenvalue weighted by atomic mass is 32.1. The zero-order valence-electron chi connectivity index (χ0n) is 13.7. The predicted octanol–water partition coefficient (Wildman–Crippen LogP) is 2.31. The lowest BCUT2D eigenvalue weighted by Gasteiger charge is -2.09. The fourth-order valence-electron chi connectivity index (χ4n) is 2.22. The lowest BCUT2D eigenvalue weighted by molar-refractivity contribution is -0.123. The summed E-state index contributed by atoms with van der Waals surface area (Å²) in [6.45, 7) is 0.233. The Kier molecular flexibility index (Phi) is 5.75. The fraction of sp³-hybridized carbons (Fsp3) is 0.167. The van der Waals surface area contributed by atoms with Crippen LogP contribution in [0.15, 0.2) is 58.7 Å². The van der Waals surface area contributed by atoms with E-state index in [2.05, 4.69) is 10.4 Å². The summed E-state index contributed by atoms with van der Waals surface area (Å²) in [5.41, 5.74) is 0.468. The Balaban J connectivity index is 1.50. The van der Waals surface area contributed by atoms with E-state index in [1.807, 2.05) is 17.5 Å². The second-order valence-electron chi connectivity index (χ2n) is 5.35. The zero-order chi connectivity index (χ0) is 18.4. The molecule has 134 valence electrons. The second-order valence-corrected chi connectivity index (χ2v) is 6.30. The number of rotatable bonds is 7.